The smallest absolute Gasteiger partial charge is 0.232 e. The van der Waals surface area contributed by atoms with E-state index in [1.807, 2.05) is 25.1 Å². The molecule has 16 heavy (non-hydrogen) atoms. The molecule has 3 nitrogen and oxygen atoms in total. The molecule has 0 radical (unpaired) electrons. The maximum absolute atomic E-state index is 11.8. The van der Waals surface area contributed by atoms with Crippen molar-refractivity contribution < 1.29 is 9.90 Å². The summed E-state index contributed by atoms with van der Waals surface area (Å²) in [5.74, 6) is -0.0780. The van der Waals surface area contributed by atoms with Crippen molar-refractivity contribution in [1.82, 2.24) is 0 Å². The minimum absolute atomic E-state index is 0.0636. The Morgan fingerprint density at radius 2 is 2.25 bits per heavy atom. The van der Waals surface area contributed by atoms with Gasteiger partial charge in [-0.05, 0) is 37.5 Å². The molecule has 2 N–H and O–H groups in total. The van der Waals surface area contributed by atoms with Gasteiger partial charge in [-0.2, -0.15) is 0 Å². The Kier molecular flexibility index (Phi) is 3.04. The first-order chi connectivity index (χ1) is 7.57. The van der Waals surface area contributed by atoms with Gasteiger partial charge in [0.15, 0.2) is 0 Å². The van der Waals surface area contributed by atoms with Crippen LogP contribution in [0.25, 0.3) is 0 Å². The molecule has 0 aliphatic heterocycles. The third kappa shape index (κ3) is 2.13. The number of hydrogen-bond donors (Lipinski definition) is 2. The summed E-state index contributed by atoms with van der Waals surface area (Å²) in [5, 5.41) is 12.0. The second kappa shape index (κ2) is 4.18. The normalized spacial score (nSPS) is 16.9. The van der Waals surface area contributed by atoms with E-state index in [2.05, 4.69) is 21.2 Å². The number of carbonyl (C=O) groups is 1. The molecule has 1 aliphatic carbocycles. The molecule has 1 aromatic rings. The molecule has 2 rings (SSSR count). The van der Waals surface area contributed by atoms with Crippen LogP contribution in [0.4, 0.5) is 5.69 Å². The molecule has 0 heterocycles. The molecule has 1 fully saturated rings. The molecule has 1 aromatic carbocycles. The largest absolute Gasteiger partial charge is 0.395 e. The zero-order valence-corrected chi connectivity index (χ0v) is 10.7. The van der Waals surface area contributed by atoms with Crippen LogP contribution in [0.15, 0.2) is 22.7 Å². The van der Waals surface area contributed by atoms with Crippen molar-refractivity contribution in [3.63, 3.8) is 0 Å². The van der Waals surface area contributed by atoms with Crippen molar-refractivity contribution in [2.75, 3.05) is 11.9 Å². The Morgan fingerprint density at radius 3 is 2.75 bits per heavy atom. The lowest BCUT2D eigenvalue weighted by Gasteiger charge is -2.12. The molecule has 0 saturated heterocycles. The van der Waals surface area contributed by atoms with Gasteiger partial charge in [-0.3, -0.25) is 4.79 Å². The van der Waals surface area contributed by atoms with Gasteiger partial charge in [0.1, 0.15) is 0 Å². The average Bonchev–Trinajstić information content (AvgIpc) is 3.04. The fourth-order valence-corrected chi connectivity index (χ4v) is 1.92. The SMILES string of the molecule is Cc1ccc(NC(=O)C2(CO)CC2)cc1Br. The van der Waals surface area contributed by atoms with Crippen LogP contribution in [-0.4, -0.2) is 17.6 Å². The summed E-state index contributed by atoms with van der Waals surface area (Å²) in [6, 6.07) is 5.68. The first-order valence-electron chi connectivity index (χ1n) is 5.26. The Labute approximate surface area is 103 Å². The Balaban J connectivity index is 2.09. The van der Waals surface area contributed by atoms with Crippen molar-refractivity contribution in [2.24, 2.45) is 5.41 Å². The molecule has 0 atom stereocenters. The van der Waals surface area contributed by atoms with Crippen LogP contribution in [0.3, 0.4) is 0 Å². The number of aliphatic hydroxyl groups is 1. The van der Waals surface area contributed by atoms with E-state index in [9.17, 15) is 4.79 Å². The molecule has 1 aliphatic rings. The van der Waals surface area contributed by atoms with Crippen LogP contribution in [0.5, 0.6) is 0 Å². The highest BCUT2D eigenvalue weighted by molar-refractivity contribution is 9.10. The first-order valence-corrected chi connectivity index (χ1v) is 6.05. The number of anilines is 1. The van der Waals surface area contributed by atoms with Crippen molar-refractivity contribution in [3.05, 3.63) is 28.2 Å². The second-order valence-electron chi connectivity index (χ2n) is 4.36. The van der Waals surface area contributed by atoms with E-state index in [0.29, 0.717) is 0 Å². The number of halogens is 1. The standard InChI is InChI=1S/C12H14BrNO2/c1-8-2-3-9(6-10(8)13)14-11(16)12(7-15)4-5-12/h2-3,6,15H,4-5,7H2,1H3,(H,14,16). The Morgan fingerprint density at radius 1 is 1.56 bits per heavy atom. The van der Waals surface area contributed by atoms with Crippen molar-refractivity contribution in [3.8, 4) is 0 Å². The lowest BCUT2D eigenvalue weighted by atomic mass is 10.1. The minimum atomic E-state index is -0.517. The van der Waals surface area contributed by atoms with E-state index in [1.54, 1.807) is 0 Å². The summed E-state index contributed by atoms with van der Waals surface area (Å²) in [5.41, 5.74) is 1.38. The quantitative estimate of drug-likeness (QED) is 0.895. The summed E-state index contributed by atoms with van der Waals surface area (Å²) >= 11 is 3.42. The second-order valence-corrected chi connectivity index (χ2v) is 5.21. The van der Waals surface area contributed by atoms with E-state index in [4.69, 9.17) is 5.11 Å². The highest BCUT2D eigenvalue weighted by Crippen LogP contribution is 2.45. The molecule has 1 amide bonds. The minimum Gasteiger partial charge on any atom is -0.395 e. The number of amides is 1. The molecular formula is C12H14BrNO2. The lowest BCUT2D eigenvalue weighted by molar-refractivity contribution is -0.122. The summed E-state index contributed by atoms with van der Waals surface area (Å²) < 4.78 is 0.971. The summed E-state index contributed by atoms with van der Waals surface area (Å²) in [7, 11) is 0. The number of benzene rings is 1. The Bertz CT molecular complexity index is 427. The number of hydrogen-bond acceptors (Lipinski definition) is 2. The zero-order chi connectivity index (χ0) is 11.8. The van der Waals surface area contributed by atoms with Crippen LogP contribution in [0.2, 0.25) is 0 Å². The van der Waals surface area contributed by atoms with Gasteiger partial charge < -0.3 is 10.4 Å². The number of carbonyl (C=O) groups excluding carboxylic acids is 1. The molecule has 1 saturated carbocycles. The highest BCUT2D eigenvalue weighted by Gasteiger charge is 2.49. The predicted octanol–water partition coefficient (Wildman–Crippen LogP) is 2.47. The maximum atomic E-state index is 11.8. The monoisotopic (exact) mass is 283 g/mol. The van der Waals surface area contributed by atoms with Gasteiger partial charge in [-0.15, -0.1) is 0 Å². The Hall–Kier alpha value is -0.870. The van der Waals surface area contributed by atoms with E-state index >= 15 is 0 Å². The van der Waals surface area contributed by atoms with E-state index in [1.165, 1.54) is 0 Å². The molecule has 0 unspecified atom stereocenters. The van der Waals surface area contributed by atoms with Gasteiger partial charge >= 0.3 is 0 Å². The van der Waals surface area contributed by atoms with E-state index < -0.39 is 5.41 Å². The van der Waals surface area contributed by atoms with Crippen LogP contribution in [0.1, 0.15) is 18.4 Å². The summed E-state index contributed by atoms with van der Waals surface area (Å²) in [6.07, 6.45) is 1.56. The van der Waals surface area contributed by atoms with Gasteiger partial charge in [0, 0.05) is 10.2 Å². The molecule has 0 spiro atoms. The van der Waals surface area contributed by atoms with Crippen LogP contribution >= 0.6 is 15.9 Å². The third-order valence-corrected chi connectivity index (χ3v) is 3.92. The molecule has 0 aromatic heterocycles. The average molecular weight is 284 g/mol. The zero-order valence-electron chi connectivity index (χ0n) is 9.09. The van der Waals surface area contributed by atoms with Crippen molar-refractivity contribution in [2.45, 2.75) is 19.8 Å². The van der Waals surface area contributed by atoms with Gasteiger partial charge in [-0.1, -0.05) is 22.0 Å². The van der Waals surface area contributed by atoms with Crippen LogP contribution in [0, 0.1) is 12.3 Å². The maximum Gasteiger partial charge on any atom is 0.232 e. The van der Waals surface area contributed by atoms with E-state index in [0.717, 1.165) is 28.6 Å². The van der Waals surface area contributed by atoms with Crippen LogP contribution in [-0.2, 0) is 4.79 Å². The number of nitrogens with one attached hydrogen (secondary N) is 1. The molecular weight excluding hydrogens is 270 g/mol. The first kappa shape index (κ1) is 11.6. The van der Waals surface area contributed by atoms with Gasteiger partial charge in [0.2, 0.25) is 5.91 Å². The number of aliphatic hydroxyl groups excluding tert-OH is 1. The number of aryl methyl sites for hydroxylation is 1. The lowest BCUT2D eigenvalue weighted by Crippen LogP contribution is -2.27. The van der Waals surface area contributed by atoms with Crippen LogP contribution < -0.4 is 5.32 Å². The van der Waals surface area contributed by atoms with Gasteiger partial charge in [-0.25, -0.2) is 0 Å². The van der Waals surface area contributed by atoms with Gasteiger partial charge in [0.05, 0.1) is 12.0 Å². The van der Waals surface area contributed by atoms with Crippen molar-refractivity contribution >= 4 is 27.5 Å². The molecule has 86 valence electrons. The summed E-state index contributed by atoms with van der Waals surface area (Å²) in [4.78, 5) is 11.8. The summed E-state index contributed by atoms with van der Waals surface area (Å²) in [6.45, 7) is 1.93. The fourth-order valence-electron chi connectivity index (χ4n) is 1.54. The third-order valence-electron chi connectivity index (χ3n) is 3.07. The topological polar surface area (TPSA) is 49.3 Å². The van der Waals surface area contributed by atoms with E-state index in [-0.39, 0.29) is 12.5 Å². The number of rotatable bonds is 3. The predicted molar refractivity (Wildman–Crippen MR) is 66.3 cm³/mol. The highest BCUT2D eigenvalue weighted by atomic mass is 79.9. The van der Waals surface area contributed by atoms with Crippen molar-refractivity contribution in [1.29, 1.82) is 0 Å². The fraction of sp³-hybridized carbons (Fsp3) is 0.417. The van der Waals surface area contributed by atoms with Gasteiger partial charge in [0.25, 0.3) is 0 Å². The molecule has 0 bridgehead atoms. The molecule has 4 heteroatoms.